The first-order chi connectivity index (χ1) is 9.22. The fourth-order valence-electron chi connectivity index (χ4n) is 2.61. The van der Waals surface area contributed by atoms with Gasteiger partial charge in [0.1, 0.15) is 0 Å². The first-order valence-corrected chi connectivity index (χ1v) is 7.64. The molecule has 19 heavy (non-hydrogen) atoms. The normalized spacial score (nSPS) is 21.1. The monoisotopic (exact) mass is 325 g/mol. The van der Waals surface area contributed by atoms with Gasteiger partial charge in [-0.15, -0.1) is 0 Å². The fourth-order valence-corrected chi connectivity index (χ4v) is 3.11. The molecule has 0 radical (unpaired) electrons. The van der Waals surface area contributed by atoms with Crippen molar-refractivity contribution in [2.24, 2.45) is 0 Å². The summed E-state index contributed by atoms with van der Waals surface area (Å²) < 4.78 is 0.843. The number of halogens is 1. The van der Waals surface area contributed by atoms with Gasteiger partial charge in [0.2, 0.25) is 0 Å². The second kappa shape index (κ2) is 7.17. The van der Waals surface area contributed by atoms with Gasteiger partial charge in [-0.3, -0.25) is 9.69 Å². The fraction of sp³-hybridized carbons (Fsp3) is 0.533. The molecule has 0 amide bonds. The number of aliphatic hydroxyl groups is 1. The average molecular weight is 326 g/mol. The van der Waals surface area contributed by atoms with E-state index in [4.69, 9.17) is 0 Å². The summed E-state index contributed by atoms with van der Waals surface area (Å²) in [4.78, 5) is 14.5. The van der Waals surface area contributed by atoms with Crippen LogP contribution in [0.15, 0.2) is 28.7 Å². The molecule has 1 atom stereocenters. The molecule has 0 bridgehead atoms. The van der Waals surface area contributed by atoms with Crippen LogP contribution in [-0.4, -0.2) is 41.5 Å². The number of carbonyl (C=O) groups is 1. The highest BCUT2D eigenvalue weighted by Crippen LogP contribution is 2.20. The van der Waals surface area contributed by atoms with Crippen LogP contribution < -0.4 is 0 Å². The first kappa shape index (κ1) is 14.7. The number of ketones is 1. The Morgan fingerprint density at radius 1 is 1.32 bits per heavy atom. The minimum absolute atomic E-state index is 0.118. The quantitative estimate of drug-likeness (QED) is 0.865. The SMILES string of the molecule is O=C(CN1CCCCCC1CO)c1ccccc1Br. The molecule has 104 valence electrons. The molecule has 3 nitrogen and oxygen atoms in total. The first-order valence-electron chi connectivity index (χ1n) is 6.85. The summed E-state index contributed by atoms with van der Waals surface area (Å²) in [6.45, 7) is 1.44. The van der Waals surface area contributed by atoms with Crippen LogP contribution in [0.25, 0.3) is 0 Å². The summed E-state index contributed by atoms with van der Waals surface area (Å²) in [6, 6.07) is 7.65. The van der Waals surface area contributed by atoms with Gasteiger partial charge in [-0.25, -0.2) is 0 Å². The van der Waals surface area contributed by atoms with E-state index in [1.165, 1.54) is 6.42 Å². The van der Waals surface area contributed by atoms with Gasteiger partial charge in [0.05, 0.1) is 13.2 Å². The Morgan fingerprint density at radius 2 is 2.11 bits per heavy atom. The van der Waals surface area contributed by atoms with Crippen molar-refractivity contribution in [1.82, 2.24) is 4.90 Å². The molecule has 1 unspecified atom stereocenters. The van der Waals surface area contributed by atoms with E-state index in [1.54, 1.807) is 0 Å². The van der Waals surface area contributed by atoms with Crippen LogP contribution in [-0.2, 0) is 0 Å². The second-order valence-electron chi connectivity index (χ2n) is 5.06. The highest BCUT2D eigenvalue weighted by molar-refractivity contribution is 9.10. The Labute approximate surface area is 122 Å². The lowest BCUT2D eigenvalue weighted by Gasteiger charge is -2.27. The maximum absolute atomic E-state index is 12.4. The predicted octanol–water partition coefficient (Wildman–Crippen LogP) is 2.87. The van der Waals surface area contributed by atoms with Crippen molar-refractivity contribution in [3.05, 3.63) is 34.3 Å². The summed E-state index contributed by atoms with van der Waals surface area (Å²) >= 11 is 3.42. The van der Waals surface area contributed by atoms with E-state index in [9.17, 15) is 9.90 Å². The Balaban J connectivity index is 2.06. The molecule has 0 aliphatic carbocycles. The van der Waals surface area contributed by atoms with Gasteiger partial charge in [0.25, 0.3) is 0 Å². The Hall–Kier alpha value is -0.710. The minimum atomic E-state index is 0.118. The standard InChI is InChI=1S/C15H20BrNO2/c16-14-8-4-3-7-13(14)15(19)10-17-9-5-1-2-6-12(17)11-18/h3-4,7-8,12,18H,1-2,5-6,9-11H2. The van der Waals surface area contributed by atoms with Crippen molar-refractivity contribution in [3.8, 4) is 0 Å². The molecule has 1 N–H and O–H groups in total. The molecule has 0 saturated carbocycles. The molecule has 0 aromatic heterocycles. The lowest BCUT2D eigenvalue weighted by Crippen LogP contribution is -2.40. The summed E-state index contributed by atoms with van der Waals surface area (Å²) in [7, 11) is 0. The molecule has 2 rings (SSSR count). The molecular formula is C15H20BrNO2. The van der Waals surface area contributed by atoms with Crippen LogP contribution in [0, 0.1) is 0 Å². The van der Waals surface area contributed by atoms with E-state index in [-0.39, 0.29) is 18.4 Å². The average Bonchev–Trinajstić information content (AvgIpc) is 2.64. The largest absolute Gasteiger partial charge is 0.395 e. The van der Waals surface area contributed by atoms with Crippen LogP contribution in [0.3, 0.4) is 0 Å². The van der Waals surface area contributed by atoms with Gasteiger partial charge < -0.3 is 5.11 Å². The summed E-state index contributed by atoms with van der Waals surface area (Å²) in [6.07, 6.45) is 4.43. The molecule has 1 aliphatic heterocycles. The zero-order chi connectivity index (χ0) is 13.7. The third-order valence-corrected chi connectivity index (χ3v) is 4.42. The maximum atomic E-state index is 12.4. The van der Waals surface area contributed by atoms with Crippen molar-refractivity contribution >= 4 is 21.7 Å². The van der Waals surface area contributed by atoms with E-state index in [2.05, 4.69) is 20.8 Å². The number of Topliss-reactive ketones (excluding diaryl/α,β-unsaturated/α-hetero) is 1. The van der Waals surface area contributed by atoms with Gasteiger partial charge >= 0.3 is 0 Å². The lowest BCUT2D eigenvalue weighted by atomic mass is 10.1. The van der Waals surface area contributed by atoms with Crippen molar-refractivity contribution in [1.29, 1.82) is 0 Å². The van der Waals surface area contributed by atoms with Gasteiger partial charge in [-0.2, -0.15) is 0 Å². The van der Waals surface area contributed by atoms with Crippen LogP contribution in [0.4, 0.5) is 0 Å². The zero-order valence-corrected chi connectivity index (χ0v) is 12.6. The van der Waals surface area contributed by atoms with E-state index >= 15 is 0 Å². The predicted molar refractivity (Wildman–Crippen MR) is 79.4 cm³/mol. The highest BCUT2D eigenvalue weighted by Gasteiger charge is 2.23. The molecule has 1 heterocycles. The van der Waals surface area contributed by atoms with Crippen LogP contribution in [0.1, 0.15) is 36.0 Å². The zero-order valence-electron chi connectivity index (χ0n) is 11.0. The van der Waals surface area contributed by atoms with Crippen LogP contribution in [0.5, 0.6) is 0 Å². The molecule has 1 fully saturated rings. The molecule has 1 aliphatic rings. The Bertz CT molecular complexity index is 436. The highest BCUT2D eigenvalue weighted by atomic mass is 79.9. The topological polar surface area (TPSA) is 40.5 Å². The summed E-state index contributed by atoms with van der Waals surface area (Å²) in [5, 5.41) is 9.46. The Morgan fingerprint density at radius 3 is 2.84 bits per heavy atom. The summed E-state index contributed by atoms with van der Waals surface area (Å²) in [5.41, 5.74) is 0.725. The number of hydrogen-bond donors (Lipinski definition) is 1. The third-order valence-electron chi connectivity index (χ3n) is 3.73. The molecule has 1 saturated heterocycles. The van der Waals surface area contributed by atoms with Crippen molar-refractivity contribution in [3.63, 3.8) is 0 Å². The number of aliphatic hydroxyl groups excluding tert-OH is 1. The van der Waals surface area contributed by atoms with E-state index in [0.717, 1.165) is 35.8 Å². The van der Waals surface area contributed by atoms with Crippen molar-refractivity contribution in [2.45, 2.75) is 31.7 Å². The number of carbonyl (C=O) groups excluding carboxylic acids is 1. The third kappa shape index (κ3) is 3.88. The second-order valence-corrected chi connectivity index (χ2v) is 5.91. The van der Waals surface area contributed by atoms with Crippen LogP contribution >= 0.6 is 15.9 Å². The van der Waals surface area contributed by atoms with Crippen LogP contribution in [0.2, 0.25) is 0 Å². The van der Waals surface area contributed by atoms with Gasteiger partial charge in [-0.05, 0) is 25.5 Å². The van der Waals surface area contributed by atoms with E-state index in [1.807, 2.05) is 24.3 Å². The Kier molecular flexibility index (Phi) is 5.55. The lowest BCUT2D eigenvalue weighted by molar-refractivity contribution is 0.0825. The van der Waals surface area contributed by atoms with Gasteiger partial charge in [0, 0.05) is 16.1 Å². The number of rotatable bonds is 4. The minimum Gasteiger partial charge on any atom is -0.395 e. The molecule has 1 aromatic rings. The number of hydrogen-bond acceptors (Lipinski definition) is 3. The van der Waals surface area contributed by atoms with Crippen molar-refractivity contribution < 1.29 is 9.90 Å². The smallest absolute Gasteiger partial charge is 0.177 e. The van der Waals surface area contributed by atoms with E-state index < -0.39 is 0 Å². The van der Waals surface area contributed by atoms with E-state index in [0.29, 0.717) is 6.54 Å². The molecule has 4 heteroatoms. The summed E-state index contributed by atoms with van der Waals surface area (Å²) in [5.74, 6) is 0.118. The molecule has 1 aromatic carbocycles. The number of nitrogens with zero attached hydrogens (tertiary/aromatic N) is 1. The molecule has 0 spiro atoms. The number of likely N-dealkylation sites (tertiary alicyclic amines) is 1. The van der Waals surface area contributed by atoms with Crippen molar-refractivity contribution in [2.75, 3.05) is 19.7 Å². The van der Waals surface area contributed by atoms with Gasteiger partial charge in [-0.1, -0.05) is 47.0 Å². The maximum Gasteiger partial charge on any atom is 0.177 e. The van der Waals surface area contributed by atoms with Gasteiger partial charge in [0.15, 0.2) is 5.78 Å². The number of benzene rings is 1. The molecular weight excluding hydrogens is 306 g/mol.